The second-order valence-corrected chi connectivity index (χ2v) is 3.98. The van der Waals surface area contributed by atoms with Crippen molar-refractivity contribution in [3.63, 3.8) is 0 Å². The lowest BCUT2D eigenvalue weighted by atomic mass is 9.98. The van der Waals surface area contributed by atoms with Crippen molar-refractivity contribution < 1.29 is 35.1 Å². The minimum atomic E-state index is -1.51. The van der Waals surface area contributed by atoms with E-state index in [0.717, 1.165) is 0 Å². The summed E-state index contributed by atoms with van der Waals surface area (Å²) in [5.74, 6) is -1.15. The molecule has 0 aromatic rings. The molecule has 0 radical (unpaired) electrons. The number of ether oxygens (including phenoxy) is 1. The van der Waals surface area contributed by atoms with Gasteiger partial charge in [-0.1, -0.05) is 0 Å². The van der Waals surface area contributed by atoms with Crippen molar-refractivity contribution in [2.45, 2.75) is 43.6 Å². The Hall–Kier alpha value is -0.770. The molecule has 0 saturated carbocycles. The molecule has 8 heteroatoms. The number of aliphatic hydroxyl groups is 4. The monoisotopic (exact) mass is 251 g/mol. The number of aliphatic carboxylic acids is 1. The van der Waals surface area contributed by atoms with Gasteiger partial charge < -0.3 is 30.3 Å². The maximum atomic E-state index is 10.6. The molecule has 1 rings (SSSR count). The summed E-state index contributed by atoms with van der Waals surface area (Å²) in [5.41, 5.74) is 0. The van der Waals surface area contributed by atoms with Gasteiger partial charge in [-0.05, 0) is 6.92 Å². The minimum Gasteiger partial charge on any atom is -0.480 e. The zero-order valence-corrected chi connectivity index (χ0v) is 9.22. The minimum absolute atomic E-state index is 0.551. The smallest absolute Gasteiger partial charge is 0.320 e. The van der Waals surface area contributed by atoms with Crippen molar-refractivity contribution in [3.8, 4) is 0 Å². The molecule has 0 bridgehead atoms. The van der Waals surface area contributed by atoms with Gasteiger partial charge in [0.25, 0.3) is 0 Å². The van der Waals surface area contributed by atoms with Crippen LogP contribution in [0.5, 0.6) is 0 Å². The normalized spacial score (nSPS) is 39.9. The standard InChI is InChI=1S/C9H17NO7/c1-3(9(15)16)10-8-7(14)6(13)5(12)4(2-11)17-8/h3-8,10-14H,2H2,1H3,(H,15,16)/t3?,4-,5-,6+,7-,8?/m0/s1. The molecule has 1 aliphatic rings. The number of carboxylic acids is 1. The Labute approximate surface area is 97.4 Å². The van der Waals surface area contributed by atoms with Gasteiger partial charge in [-0.15, -0.1) is 0 Å². The summed E-state index contributed by atoms with van der Waals surface area (Å²) >= 11 is 0. The maximum absolute atomic E-state index is 10.6. The predicted molar refractivity (Wildman–Crippen MR) is 54.0 cm³/mol. The average molecular weight is 251 g/mol. The van der Waals surface area contributed by atoms with E-state index in [2.05, 4.69) is 5.32 Å². The maximum Gasteiger partial charge on any atom is 0.320 e. The quantitative estimate of drug-likeness (QED) is 0.308. The zero-order chi connectivity index (χ0) is 13.2. The van der Waals surface area contributed by atoms with Crippen molar-refractivity contribution in [3.05, 3.63) is 0 Å². The van der Waals surface area contributed by atoms with Crippen LogP contribution in [0.4, 0.5) is 0 Å². The molecule has 0 amide bonds. The van der Waals surface area contributed by atoms with Crippen LogP contribution in [0.2, 0.25) is 0 Å². The Kier molecular flexibility index (Phi) is 4.80. The molecule has 1 heterocycles. The van der Waals surface area contributed by atoms with Gasteiger partial charge in [0, 0.05) is 0 Å². The van der Waals surface area contributed by atoms with Gasteiger partial charge in [0.2, 0.25) is 0 Å². The summed E-state index contributed by atoms with van der Waals surface area (Å²) in [6, 6.07) is -1.00. The van der Waals surface area contributed by atoms with Gasteiger partial charge in [-0.2, -0.15) is 0 Å². The molecule has 100 valence electrons. The van der Waals surface area contributed by atoms with Crippen molar-refractivity contribution in [1.82, 2.24) is 5.32 Å². The first-order chi connectivity index (χ1) is 7.88. The number of carboxylic acid groups (broad SMARTS) is 1. The lowest BCUT2D eigenvalue weighted by Gasteiger charge is -2.40. The summed E-state index contributed by atoms with van der Waals surface area (Å²) < 4.78 is 5.07. The third kappa shape index (κ3) is 3.12. The van der Waals surface area contributed by atoms with Crippen molar-refractivity contribution in [1.29, 1.82) is 0 Å². The third-order valence-electron chi connectivity index (χ3n) is 2.68. The number of hydrogen-bond acceptors (Lipinski definition) is 7. The SMILES string of the molecule is CC(NC1O[C@@H](CO)[C@H](O)[C@@H](O)[C@@H]1O)C(=O)O. The Bertz CT molecular complexity index is 272. The fourth-order valence-corrected chi connectivity index (χ4v) is 1.56. The highest BCUT2D eigenvalue weighted by Crippen LogP contribution is 2.19. The van der Waals surface area contributed by atoms with E-state index < -0.39 is 49.3 Å². The molecule has 0 aromatic heterocycles. The van der Waals surface area contributed by atoms with Crippen LogP contribution in [0, 0.1) is 0 Å². The second kappa shape index (κ2) is 5.71. The van der Waals surface area contributed by atoms with Crippen LogP contribution in [0.15, 0.2) is 0 Å². The molecule has 8 nitrogen and oxygen atoms in total. The highest BCUT2D eigenvalue weighted by atomic mass is 16.6. The van der Waals surface area contributed by atoms with Crippen LogP contribution < -0.4 is 5.32 Å². The van der Waals surface area contributed by atoms with Crippen LogP contribution in [0.25, 0.3) is 0 Å². The number of rotatable bonds is 4. The number of carbonyl (C=O) groups is 1. The summed E-state index contributed by atoms with van der Waals surface area (Å²) in [4.78, 5) is 10.6. The molecule has 1 fully saturated rings. The Morgan fingerprint density at radius 3 is 2.35 bits per heavy atom. The lowest BCUT2D eigenvalue weighted by molar-refractivity contribution is -0.238. The van der Waals surface area contributed by atoms with E-state index in [1.807, 2.05) is 0 Å². The summed E-state index contributed by atoms with van der Waals surface area (Å²) in [6.45, 7) is 0.786. The van der Waals surface area contributed by atoms with Crippen LogP contribution >= 0.6 is 0 Å². The molecular weight excluding hydrogens is 234 g/mol. The van der Waals surface area contributed by atoms with E-state index in [9.17, 15) is 20.1 Å². The van der Waals surface area contributed by atoms with Gasteiger partial charge in [0.05, 0.1) is 6.61 Å². The Balaban J connectivity index is 2.68. The van der Waals surface area contributed by atoms with E-state index in [1.165, 1.54) is 6.92 Å². The van der Waals surface area contributed by atoms with Crippen molar-refractivity contribution in [2.75, 3.05) is 6.61 Å². The first kappa shape index (κ1) is 14.3. The fraction of sp³-hybridized carbons (Fsp3) is 0.889. The summed E-state index contributed by atoms with van der Waals surface area (Å²) in [6.07, 6.45) is -6.66. The fourth-order valence-electron chi connectivity index (χ4n) is 1.56. The highest BCUT2D eigenvalue weighted by molar-refractivity contribution is 5.72. The van der Waals surface area contributed by atoms with E-state index in [-0.39, 0.29) is 0 Å². The molecule has 6 atom stereocenters. The lowest BCUT2D eigenvalue weighted by Crippen LogP contribution is -2.64. The molecule has 0 aliphatic carbocycles. The molecule has 0 spiro atoms. The number of hydrogen-bond donors (Lipinski definition) is 6. The van der Waals surface area contributed by atoms with E-state index in [1.54, 1.807) is 0 Å². The van der Waals surface area contributed by atoms with Gasteiger partial charge in [0.1, 0.15) is 36.7 Å². The molecule has 6 N–H and O–H groups in total. The second-order valence-electron chi connectivity index (χ2n) is 3.98. The zero-order valence-electron chi connectivity index (χ0n) is 9.22. The largest absolute Gasteiger partial charge is 0.480 e. The van der Waals surface area contributed by atoms with Crippen LogP contribution in [-0.4, -0.2) is 74.8 Å². The van der Waals surface area contributed by atoms with E-state index >= 15 is 0 Å². The first-order valence-electron chi connectivity index (χ1n) is 5.17. The highest BCUT2D eigenvalue weighted by Gasteiger charge is 2.43. The van der Waals surface area contributed by atoms with Gasteiger partial charge in [0.15, 0.2) is 0 Å². The number of aliphatic hydroxyl groups excluding tert-OH is 4. The van der Waals surface area contributed by atoms with Crippen molar-refractivity contribution in [2.24, 2.45) is 0 Å². The number of nitrogens with one attached hydrogen (secondary N) is 1. The van der Waals surface area contributed by atoms with E-state index in [4.69, 9.17) is 14.9 Å². The average Bonchev–Trinajstić information content (AvgIpc) is 2.29. The topological polar surface area (TPSA) is 139 Å². The predicted octanol–water partition coefficient (Wildman–Crippen LogP) is -3.15. The summed E-state index contributed by atoms with van der Waals surface area (Å²) in [7, 11) is 0. The molecule has 1 saturated heterocycles. The van der Waals surface area contributed by atoms with E-state index in [0.29, 0.717) is 0 Å². The van der Waals surface area contributed by atoms with Crippen LogP contribution in [-0.2, 0) is 9.53 Å². The van der Waals surface area contributed by atoms with Crippen LogP contribution in [0.1, 0.15) is 6.92 Å². The van der Waals surface area contributed by atoms with Gasteiger partial charge >= 0.3 is 5.97 Å². The Morgan fingerprint density at radius 2 is 1.88 bits per heavy atom. The Morgan fingerprint density at radius 1 is 1.29 bits per heavy atom. The third-order valence-corrected chi connectivity index (χ3v) is 2.68. The van der Waals surface area contributed by atoms with Gasteiger partial charge in [-0.25, -0.2) is 0 Å². The van der Waals surface area contributed by atoms with Crippen LogP contribution in [0.3, 0.4) is 0 Å². The molecule has 1 aliphatic heterocycles. The van der Waals surface area contributed by atoms with Crippen molar-refractivity contribution >= 4 is 5.97 Å². The molecule has 0 aromatic carbocycles. The molecule has 17 heavy (non-hydrogen) atoms. The summed E-state index contributed by atoms with van der Waals surface area (Å²) in [5, 5.41) is 48.5. The molecule has 2 unspecified atom stereocenters. The first-order valence-corrected chi connectivity index (χ1v) is 5.17. The molecular formula is C9H17NO7. The van der Waals surface area contributed by atoms with Gasteiger partial charge in [-0.3, -0.25) is 10.1 Å².